The van der Waals surface area contributed by atoms with Gasteiger partial charge in [0, 0.05) is 24.4 Å². The Kier molecular flexibility index (Phi) is 5.74. The van der Waals surface area contributed by atoms with Crippen molar-refractivity contribution in [3.05, 3.63) is 58.9 Å². The predicted octanol–water partition coefficient (Wildman–Crippen LogP) is 3.68. The Morgan fingerprint density at radius 1 is 1.13 bits per heavy atom. The first-order valence-electron chi connectivity index (χ1n) is 7.86. The predicted molar refractivity (Wildman–Crippen MR) is 89.6 cm³/mol. The summed E-state index contributed by atoms with van der Waals surface area (Å²) < 4.78 is 7.39. The number of hydrogen-bond acceptors (Lipinski definition) is 3. The van der Waals surface area contributed by atoms with Crippen molar-refractivity contribution in [2.75, 3.05) is 6.61 Å². The van der Waals surface area contributed by atoms with E-state index in [1.807, 2.05) is 38.1 Å². The third-order valence-electron chi connectivity index (χ3n) is 3.88. The molecule has 0 saturated heterocycles. The molecule has 0 atom stereocenters. The van der Waals surface area contributed by atoms with Crippen LogP contribution in [0.4, 0.5) is 0 Å². The zero-order chi connectivity index (χ0) is 16.8. The van der Waals surface area contributed by atoms with E-state index in [9.17, 15) is 9.59 Å². The summed E-state index contributed by atoms with van der Waals surface area (Å²) in [4.78, 5) is 23.1. The van der Waals surface area contributed by atoms with Gasteiger partial charge in [0.15, 0.2) is 0 Å². The first-order chi connectivity index (χ1) is 11.0. The summed E-state index contributed by atoms with van der Waals surface area (Å²) in [7, 11) is 0. The summed E-state index contributed by atoms with van der Waals surface area (Å²) in [6.45, 7) is 6.47. The van der Waals surface area contributed by atoms with E-state index in [0.29, 0.717) is 18.4 Å². The minimum atomic E-state index is -0.319. The zero-order valence-corrected chi connectivity index (χ0v) is 14.0. The number of rotatable bonds is 7. The summed E-state index contributed by atoms with van der Waals surface area (Å²) in [6, 6.07) is 12.0. The Bertz CT molecular complexity index is 686. The molecule has 1 heterocycles. The fourth-order valence-electron chi connectivity index (χ4n) is 2.58. The fraction of sp³-hybridized carbons (Fsp3) is 0.368. The van der Waals surface area contributed by atoms with Crippen LogP contribution in [-0.4, -0.2) is 22.9 Å². The van der Waals surface area contributed by atoms with Gasteiger partial charge in [0.25, 0.3) is 0 Å². The number of Topliss-reactive ketones (excluding diaryl/α,β-unsaturated/α-hetero) is 1. The second kappa shape index (κ2) is 7.77. The van der Waals surface area contributed by atoms with E-state index in [2.05, 4.69) is 16.7 Å². The number of aromatic nitrogens is 1. The van der Waals surface area contributed by atoms with Gasteiger partial charge in [0.2, 0.25) is 0 Å². The molecule has 0 amide bonds. The first kappa shape index (κ1) is 17.0. The smallest absolute Gasteiger partial charge is 0.339 e. The van der Waals surface area contributed by atoms with Crippen molar-refractivity contribution in [2.24, 2.45) is 0 Å². The van der Waals surface area contributed by atoms with E-state index in [1.165, 1.54) is 5.56 Å². The van der Waals surface area contributed by atoms with E-state index in [4.69, 9.17) is 4.74 Å². The summed E-state index contributed by atoms with van der Waals surface area (Å²) in [6.07, 6.45) is 1.02. The van der Waals surface area contributed by atoms with Crippen LogP contribution in [0.2, 0.25) is 0 Å². The van der Waals surface area contributed by atoms with Gasteiger partial charge in [-0.15, -0.1) is 0 Å². The molecule has 0 radical (unpaired) electrons. The molecule has 2 rings (SSSR count). The molecule has 1 aromatic heterocycles. The van der Waals surface area contributed by atoms with Crippen molar-refractivity contribution in [3.63, 3.8) is 0 Å². The molecule has 0 aliphatic heterocycles. The first-order valence-corrected chi connectivity index (χ1v) is 7.86. The van der Waals surface area contributed by atoms with Crippen LogP contribution in [0.25, 0.3) is 0 Å². The van der Waals surface area contributed by atoms with Gasteiger partial charge in [-0.25, -0.2) is 4.79 Å². The Balaban J connectivity index is 2.05. The van der Waals surface area contributed by atoms with Gasteiger partial charge in [-0.3, -0.25) is 0 Å². The summed E-state index contributed by atoms with van der Waals surface area (Å²) >= 11 is 0. The number of esters is 1. The lowest BCUT2D eigenvalue weighted by Crippen LogP contribution is -2.10. The molecule has 0 fully saturated rings. The molecule has 0 aliphatic carbocycles. The van der Waals surface area contributed by atoms with Crippen LogP contribution in [0.1, 0.15) is 47.1 Å². The van der Waals surface area contributed by atoms with Crippen LogP contribution >= 0.6 is 0 Å². The van der Waals surface area contributed by atoms with Gasteiger partial charge < -0.3 is 14.1 Å². The summed E-state index contributed by atoms with van der Waals surface area (Å²) in [5.41, 5.74) is 3.72. The molecule has 4 heteroatoms. The highest BCUT2D eigenvalue weighted by Gasteiger charge is 2.17. The van der Waals surface area contributed by atoms with Crippen LogP contribution in [0.5, 0.6) is 0 Å². The molecule has 1 aromatic carbocycles. The van der Waals surface area contributed by atoms with Crippen LogP contribution in [0.15, 0.2) is 36.4 Å². The van der Waals surface area contributed by atoms with Gasteiger partial charge in [0.05, 0.1) is 12.2 Å². The monoisotopic (exact) mass is 313 g/mol. The Morgan fingerprint density at radius 2 is 1.83 bits per heavy atom. The Hall–Kier alpha value is -2.36. The average molecular weight is 313 g/mol. The van der Waals surface area contributed by atoms with Crippen LogP contribution < -0.4 is 0 Å². The number of benzene rings is 1. The number of hydrogen-bond donors (Lipinski definition) is 0. The molecule has 0 saturated carbocycles. The second-order valence-corrected chi connectivity index (χ2v) is 5.80. The lowest BCUT2D eigenvalue weighted by molar-refractivity contribution is -0.117. The minimum absolute atomic E-state index is 0.113. The number of carbonyl (C=O) groups is 2. The summed E-state index contributed by atoms with van der Waals surface area (Å²) in [5, 5.41) is 0. The van der Waals surface area contributed by atoms with Crippen molar-refractivity contribution in [3.8, 4) is 0 Å². The number of aryl methyl sites for hydroxylation is 1. The highest BCUT2D eigenvalue weighted by Crippen LogP contribution is 2.18. The topological polar surface area (TPSA) is 48.3 Å². The van der Waals surface area contributed by atoms with Gasteiger partial charge in [-0.05, 0) is 38.8 Å². The number of ether oxygens (including phenoxy) is 1. The number of nitrogens with zero attached hydrogens (tertiary/aromatic N) is 1. The number of ketones is 1. The van der Waals surface area contributed by atoms with Gasteiger partial charge in [-0.2, -0.15) is 0 Å². The molecule has 0 spiro atoms. The van der Waals surface area contributed by atoms with E-state index < -0.39 is 0 Å². The van der Waals surface area contributed by atoms with Crippen molar-refractivity contribution >= 4 is 11.8 Å². The molecule has 0 aliphatic rings. The normalized spacial score (nSPS) is 10.6. The molecular formula is C19H23NO3. The van der Waals surface area contributed by atoms with Gasteiger partial charge in [-0.1, -0.05) is 30.3 Å². The Morgan fingerprint density at radius 3 is 2.48 bits per heavy atom. The molecule has 122 valence electrons. The van der Waals surface area contributed by atoms with Gasteiger partial charge in [0.1, 0.15) is 5.78 Å². The minimum Gasteiger partial charge on any atom is -0.462 e. The quantitative estimate of drug-likeness (QED) is 0.579. The third kappa shape index (κ3) is 4.55. The van der Waals surface area contributed by atoms with Crippen LogP contribution in [0, 0.1) is 13.8 Å². The van der Waals surface area contributed by atoms with Crippen LogP contribution in [-0.2, 0) is 16.1 Å². The third-order valence-corrected chi connectivity index (χ3v) is 3.88. The Labute approximate surface area is 137 Å². The molecule has 23 heavy (non-hydrogen) atoms. The van der Waals surface area contributed by atoms with E-state index in [1.54, 1.807) is 6.92 Å². The maximum Gasteiger partial charge on any atom is 0.339 e. The summed E-state index contributed by atoms with van der Waals surface area (Å²) in [5.74, 6) is -0.206. The van der Waals surface area contributed by atoms with E-state index in [0.717, 1.165) is 17.9 Å². The molecule has 4 nitrogen and oxygen atoms in total. The molecule has 0 bridgehead atoms. The largest absolute Gasteiger partial charge is 0.462 e. The highest BCUT2D eigenvalue weighted by atomic mass is 16.5. The molecule has 0 N–H and O–H groups in total. The SMILES string of the molecule is CC(=O)CCCOC(=O)c1cc(C)n(Cc2ccccc2)c1C. The van der Waals surface area contributed by atoms with Crippen LogP contribution in [0.3, 0.4) is 0 Å². The van der Waals surface area contributed by atoms with Crippen molar-refractivity contribution < 1.29 is 14.3 Å². The maximum absolute atomic E-state index is 12.2. The van der Waals surface area contributed by atoms with Gasteiger partial charge >= 0.3 is 5.97 Å². The number of carbonyl (C=O) groups excluding carboxylic acids is 2. The standard InChI is InChI=1S/C19H23NO3/c1-14-12-18(19(22)23-11-7-8-15(2)21)16(3)20(14)13-17-9-5-4-6-10-17/h4-6,9-10,12H,7-8,11,13H2,1-3H3. The average Bonchev–Trinajstić information content (AvgIpc) is 2.80. The van der Waals surface area contributed by atoms with E-state index >= 15 is 0 Å². The van der Waals surface area contributed by atoms with Crippen molar-refractivity contribution in [1.82, 2.24) is 4.57 Å². The maximum atomic E-state index is 12.2. The van der Waals surface area contributed by atoms with Crippen molar-refractivity contribution in [2.45, 2.75) is 40.2 Å². The van der Waals surface area contributed by atoms with Crippen molar-refractivity contribution in [1.29, 1.82) is 0 Å². The molecule has 2 aromatic rings. The lowest BCUT2D eigenvalue weighted by Gasteiger charge is -2.10. The molecular weight excluding hydrogens is 290 g/mol. The fourth-order valence-corrected chi connectivity index (χ4v) is 2.58. The lowest BCUT2D eigenvalue weighted by atomic mass is 10.2. The molecule has 0 unspecified atom stereocenters. The second-order valence-electron chi connectivity index (χ2n) is 5.80. The zero-order valence-electron chi connectivity index (χ0n) is 14.0. The van der Waals surface area contributed by atoms with E-state index in [-0.39, 0.29) is 18.4 Å². The highest BCUT2D eigenvalue weighted by molar-refractivity contribution is 5.91.